The van der Waals surface area contributed by atoms with Crippen LogP contribution in [0.3, 0.4) is 0 Å². The van der Waals surface area contributed by atoms with Gasteiger partial charge in [0.15, 0.2) is 0 Å². The van der Waals surface area contributed by atoms with Gasteiger partial charge in [-0.25, -0.2) is 0 Å². The molecule has 162 valence electrons. The highest BCUT2D eigenvalue weighted by atomic mass is 16.5. The fraction of sp³-hybridized carbons (Fsp3) is 0.500. The number of rotatable bonds is 2. The molecule has 30 heavy (non-hydrogen) atoms. The Bertz CT molecular complexity index is 927. The Hall–Kier alpha value is -2.87. The van der Waals surface area contributed by atoms with Gasteiger partial charge in [0.25, 0.3) is 6.47 Å². The number of likely N-dealkylation sites (tertiary alicyclic amines) is 1. The number of nitrogens with one attached hydrogen (secondary N) is 1. The van der Waals surface area contributed by atoms with E-state index in [1.54, 1.807) is 6.26 Å². The van der Waals surface area contributed by atoms with Gasteiger partial charge in [0.1, 0.15) is 5.58 Å². The van der Waals surface area contributed by atoms with Crippen molar-refractivity contribution < 1.29 is 28.6 Å². The molecule has 0 atom stereocenters. The highest BCUT2D eigenvalue weighted by Gasteiger charge is 2.38. The zero-order valence-corrected chi connectivity index (χ0v) is 17.4. The van der Waals surface area contributed by atoms with Crippen LogP contribution in [0.5, 0.6) is 0 Å². The van der Waals surface area contributed by atoms with Crippen LogP contribution in [-0.4, -0.2) is 60.1 Å². The van der Waals surface area contributed by atoms with E-state index in [1.165, 1.54) is 0 Å². The second kappa shape index (κ2) is 9.30. The maximum Gasteiger partial charge on any atom is 0.290 e. The number of amides is 2. The Balaban J connectivity index is 0.000000806. The van der Waals surface area contributed by atoms with E-state index in [1.807, 2.05) is 17.9 Å². The van der Waals surface area contributed by atoms with Crippen molar-refractivity contribution in [2.45, 2.75) is 45.1 Å². The molecule has 0 saturated carbocycles. The minimum absolute atomic E-state index is 0.0443. The summed E-state index contributed by atoms with van der Waals surface area (Å²) in [6, 6.07) is 4.13. The molecule has 2 aliphatic rings. The number of carbonyl (C=O) groups excluding carboxylic acids is 2. The van der Waals surface area contributed by atoms with E-state index in [2.05, 4.69) is 18.3 Å². The summed E-state index contributed by atoms with van der Waals surface area (Å²) < 4.78 is 11.7. The Morgan fingerprint density at radius 2 is 2.00 bits per heavy atom. The molecule has 2 aromatic rings. The lowest BCUT2D eigenvalue weighted by atomic mass is 9.90. The van der Waals surface area contributed by atoms with E-state index >= 15 is 0 Å². The number of hydrogen-bond acceptors (Lipinski definition) is 5. The van der Waals surface area contributed by atoms with Crippen LogP contribution in [0.25, 0.3) is 11.0 Å². The van der Waals surface area contributed by atoms with Gasteiger partial charge in [-0.3, -0.25) is 14.4 Å². The summed E-state index contributed by atoms with van der Waals surface area (Å²) >= 11 is 0. The van der Waals surface area contributed by atoms with Crippen molar-refractivity contribution in [1.82, 2.24) is 10.2 Å². The summed E-state index contributed by atoms with van der Waals surface area (Å²) in [7, 11) is 0. The second-order valence-corrected chi connectivity index (χ2v) is 7.94. The first-order valence-corrected chi connectivity index (χ1v) is 10.1. The summed E-state index contributed by atoms with van der Waals surface area (Å²) in [6.45, 7) is 6.16. The summed E-state index contributed by atoms with van der Waals surface area (Å²) in [5.41, 5.74) is 3.77. The number of furan rings is 1. The van der Waals surface area contributed by atoms with E-state index in [0.29, 0.717) is 39.1 Å². The topological polar surface area (TPSA) is 109 Å². The molecule has 2 N–H and O–H groups in total. The van der Waals surface area contributed by atoms with Crippen LogP contribution in [0.2, 0.25) is 0 Å². The van der Waals surface area contributed by atoms with Crippen molar-refractivity contribution in [2.75, 3.05) is 26.2 Å². The third-order valence-electron chi connectivity index (χ3n) is 5.81. The number of carbonyl (C=O) groups is 3. The number of ether oxygens (including phenoxy) is 1. The number of benzene rings is 1. The Morgan fingerprint density at radius 3 is 2.70 bits per heavy atom. The third-order valence-corrected chi connectivity index (χ3v) is 5.81. The van der Waals surface area contributed by atoms with Gasteiger partial charge >= 0.3 is 0 Å². The molecule has 0 aliphatic carbocycles. The number of piperidine rings is 1. The molecule has 2 fully saturated rings. The number of hydrogen-bond donors (Lipinski definition) is 2. The van der Waals surface area contributed by atoms with Gasteiger partial charge in [-0.05, 0) is 43.9 Å². The van der Waals surface area contributed by atoms with Gasteiger partial charge in [0.05, 0.1) is 24.9 Å². The van der Waals surface area contributed by atoms with Gasteiger partial charge < -0.3 is 24.5 Å². The van der Waals surface area contributed by atoms with Crippen LogP contribution < -0.4 is 5.32 Å². The molecule has 2 saturated heterocycles. The number of carboxylic acid groups (broad SMARTS) is 1. The Morgan fingerprint density at radius 1 is 1.30 bits per heavy atom. The fourth-order valence-electron chi connectivity index (χ4n) is 4.28. The first-order valence-electron chi connectivity index (χ1n) is 10.1. The van der Waals surface area contributed by atoms with Crippen molar-refractivity contribution in [1.29, 1.82) is 0 Å². The van der Waals surface area contributed by atoms with Gasteiger partial charge in [-0.1, -0.05) is 6.07 Å². The SMILES string of the molecule is Cc1cc(C)c2c(CC(=O)N3CCC4(CC3)CNC(=O)CCO4)coc2c1.O=CO. The van der Waals surface area contributed by atoms with Gasteiger partial charge in [0, 0.05) is 37.0 Å². The molecule has 8 heteroatoms. The number of nitrogens with zero attached hydrogens (tertiary/aromatic N) is 1. The number of aryl methyl sites for hydroxylation is 2. The van der Waals surface area contributed by atoms with Gasteiger partial charge in [0.2, 0.25) is 11.8 Å². The molecule has 4 rings (SSSR count). The quantitative estimate of drug-likeness (QED) is 0.727. The Labute approximate surface area is 175 Å². The second-order valence-electron chi connectivity index (χ2n) is 7.94. The van der Waals surface area contributed by atoms with Crippen molar-refractivity contribution in [3.63, 3.8) is 0 Å². The summed E-state index contributed by atoms with van der Waals surface area (Å²) in [5.74, 6) is 0.160. The molecule has 0 bridgehead atoms. The predicted molar refractivity (Wildman–Crippen MR) is 110 cm³/mol. The first-order chi connectivity index (χ1) is 14.4. The zero-order chi connectivity index (χ0) is 21.7. The molecule has 1 aromatic heterocycles. The van der Waals surface area contributed by atoms with E-state index in [4.69, 9.17) is 19.1 Å². The molecule has 2 aliphatic heterocycles. The molecule has 2 amide bonds. The Kier molecular flexibility index (Phi) is 6.77. The van der Waals surface area contributed by atoms with Crippen LogP contribution in [-0.2, 0) is 25.5 Å². The first kappa shape index (κ1) is 21.8. The van der Waals surface area contributed by atoms with E-state index in [9.17, 15) is 9.59 Å². The van der Waals surface area contributed by atoms with Crippen molar-refractivity contribution in [3.05, 3.63) is 35.1 Å². The summed E-state index contributed by atoms with van der Waals surface area (Å²) in [6.07, 6.45) is 3.98. The minimum atomic E-state index is -0.320. The highest BCUT2D eigenvalue weighted by Crippen LogP contribution is 2.30. The smallest absolute Gasteiger partial charge is 0.290 e. The molecular weight excluding hydrogens is 388 g/mol. The van der Waals surface area contributed by atoms with Gasteiger partial charge in [-0.15, -0.1) is 0 Å². The maximum absolute atomic E-state index is 12.9. The van der Waals surface area contributed by atoms with Crippen LogP contribution in [0.4, 0.5) is 0 Å². The van der Waals surface area contributed by atoms with Crippen molar-refractivity contribution in [3.8, 4) is 0 Å². The lowest BCUT2D eigenvalue weighted by Crippen LogP contribution is -2.52. The van der Waals surface area contributed by atoms with E-state index in [0.717, 1.165) is 40.5 Å². The largest absolute Gasteiger partial charge is 0.483 e. The average Bonchev–Trinajstić information content (AvgIpc) is 3.01. The van der Waals surface area contributed by atoms with E-state index < -0.39 is 0 Å². The minimum Gasteiger partial charge on any atom is -0.483 e. The monoisotopic (exact) mass is 416 g/mol. The molecule has 0 radical (unpaired) electrons. The zero-order valence-electron chi connectivity index (χ0n) is 17.4. The molecule has 1 spiro atoms. The van der Waals surface area contributed by atoms with Crippen molar-refractivity contribution >= 4 is 29.3 Å². The molecule has 3 heterocycles. The lowest BCUT2D eigenvalue weighted by molar-refractivity contribution is -0.137. The van der Waals surface area contributed by atoms with Crippen LogP contribution >= 0.6 is 0 Å². The standard InChI is InChI=1S/C21H26N2O4.CH2O2/c1-14-9-15(2)20-16(12-26-17(20)10-14)11-19(25)23-6-4-21(5-7-23)13-22-18(24)3-8-27-21;2-1-3/h9-10,12H,3-8,11,13H2,1-2H3,(H,22,24);1H,(H,2,3). The van der Waals surface area contributed by atoms with E-state index in [-0.39, 0.29) is 23.9 Å². The van der Waals surface area contributed by atoms with Crippen LogP contribution in [0.1, 0.15) is 36.0 Å². The molecular formula is C22H28N2O6. The predicted octanol–water partition coefficient (Wildman–Crippen LogP) is 2.19. The summed E-state index contributed by atoms with van der Waals surface area (Å²) in [5, 5.41) is 10.9. The normalized spacial score (nSPS) is 18.3. The molecule has 8 nitrogen and oxygen atoms in total. The lowest BCUT2D eigenvalue weighted by Gasteiger charge is -2.40. The number of fused-ring (bicyclic) bond motifs is 1. The van der Waals surface area contributed by atoms with Crippen LogP contribution in [0, 0.1) is 13.8 Å². The summed E-state index contributed by atoms with van der Waals surface area (Å²) in [4.78, 5) is 34.7. The van der Waals surface area contributed by atoms with Crippen molar-refractivity contribution in [2.24, 2.45) is 0 Å². The molecule has 1 aromatic carbocycles. The maximum atomic E-state index is 12.9. The van der Waals surface area contributed by atoms with Crippen LogP contribution in [0.15, 0.2) is 22.8 Å². The molecule has 0 unspecified atom stereocenters. The highest BCUT2D eigenvalue weighted by molar-refractivity contribution is 5.90. The van der Waals surface area contributed by atoms with Gasteiger partial charge in [-0.2, -0.15) is 0 Å². The third kappa shape index (κ3) is 4.81. The fourth-order valence-corrected chi connectivity index (χ4v) is 4.28. The average molecular weight is 416 g/mol.